The standard InChI is InChI=1S/C17H21N3O4/c1-13(23-12-16-8-5-9-22-16)17(21)24-11-14-10-18-20(19-14)15-6-3-2-4-7-15/h2-4,6-7,10,13,16H,5,8-9,11-12H2,1H3. The molecule has 0 N–H and O–H groups in total. The molecule has 1 aliphatic heterocycles. The lowest BCUT2D eigenvalue weighted by Crippen LogP contribution is -2.27. The highest BCUT2D eigenvalue weighted by molar-refractivity contribution is 5.74. The summed E-state index contributed by atoms with van der Waals surface area (Å²) in [6, 6.07) is 9.54. The molecule has 0 aliphatic carbocycles. The molecule has 0 spiro atoms. The molecule has 24 heavy (non-hydrogen) atoms. The highest BCUT2D eigenvalue weighted by Gasteiger charge is 2.21. The van der Waals surface area contributed by atoms with Crippen LogP contribution in [0.3, 0.4) is 0 Å². The monoisotopic (exact) mass is 331 g/mol. The summed E-state index contributed by atoms with van der Waals surface area (Å²) in [5.74, 6) is -0.415. The topological polar surface area (TPSA) is 75.5 Å². The Morgan fingerprint density at radius 2 is 2.25 bits per heavy atom. The van der Waals surface area contributed by atoms with Crippen LogP contribution in [0.15, 0.2) is 36.5 Å². The summed E-state index contributed by atoms with van der Waals surface area (Å²) >= 11 is 0. The number of nitrogens with zero attached hydrogens (tertiary/aromatic N) is 3. The predicted molar refractivity (Wildman–Crippen MR) is 85.5 cm³/mol. The first-order chi connectivity index (χ1) is 11.7. The van der Waals surface area contributed by atoms with E-state index in [-0.39, 0.29) is 12.7 Å². The molecule has 1 fully saturated rings. The zero-order chi connectivity index (χ0) is 16.8. The van der Waals surface area contributed by atoms with Gasteiger partial charge in [0.15, 0.2) is 6.10 Å². The third-order valence-corrected chi connectivity index (χ3v) is 3.78. The number of aromatic nitrogens is 3. The predicted octanol–water partition coefficient (Wildman–Crippen LogP) is 1.89. The van der Waals surface area contributed by atoms with Gasteiger partial charge in [-0.05, 0) is 31.9 Å². The van der Waals surface area contributed by atoms with Crippen molar-refractivity contribution in [1.82, 2.24) is 15.0 Å². The van der Waals surface area contributed by atoms with Crippen LogP contribution in [0.5, 0.6) is 0 Å². The second kappa shape index (κ2) is 8.03. The maximum absolute atomic E-state index is 12.0. The fourth-order valence-electron chi connectivity index (χ4n) is 2.40. The molecule has 3 rings (SSSR count). The molecule has 0 bridgehead atoms. The Morgan fingerprint density at radius 3 is 3.00 bits per heavy atom. The van der Waals surface area contributed by atoms with Gasteiger partial charge in [0.2, 0.25) is 0 Å². The summed E-state index contributed by atoms with van der Waals surface area (Å²) in [5, 5.41) is 8.45. The second-order valence-corrected chi connectivity index (χ2v) is 5.68. The third kappa shape index (κ3) is 4.39. The number of carbonyl (C=O) groups is 1. The van der Waals surface area contributed by atoms with E-state index >= 15 is 0 Å². The average Bonchev–Trinajstić information content (AvgIpc) is 3.30. The first-order valence-corrected chi connectivity index (χ1v) is 8.09. The van der Waals surface area contributed by atoms with Crippen molar-refractivity contribution in [2.45, 2.75) is 38.6 Å². The van der Waals surface area contributed by atoms with Gasteiger partial charge in [-0.25, -0.2) is 4.79 Å². The van der Waals surface area contributed by atoms with E-state index in [0.29, 0.717) is 12.3 Å². The zero-order valence-electron chi connectivity index (χ0n) is 13.6. The van der Waals surface area contributed by atoms with Gasteiger partial charge < -0.3 is 14.2 Å². The highest BCUT2D eigenvalue weighted by atomic mass is 16.6. The lowest BCUT2D eigenvalue weighted by molar-refractivity contribution is -0.159. The van der Waals surface area contributed by atoms with Gasteiger partial charge in [-0.15, -0.1) is 5.10 Å². The van der Waals surface area contributed by atoms with Crippen molar-refractivity contribution in [3.63, 3.8) is 0 Å². The summed E-state index contributed by atoms with van der Waals surface area (Å²) in [4.78, 5) is 13.5. The van der Waals surface area contributed by atoms with Gasteiger partial charge in [0.05, 0.1) is 24.6 Å². The number of para-hydroxylation sites is 1. The van der Waals surface area contributed by atoms with Crippen molar-refractivity contribution in [3.05, 3.63) is 42.2 Å². The van der Waals surface area contributed by atoms with Crippen LogP contribution in [0, 0.1) is 0 Å². The van der Waals surface area contributed by atoms with E-state index in [0.717, 1.165) is 25.1 Å². The second-order valence-electron chi connectivity index (χ2n) is 5.68. The van der Waals surface area contributed by atoms with E-state index in [2.05, 4.69) is 10.2 Å². The molecule has 1 aromatic carbocycles. The van der Waals surface area contributed by atoms with E-state index in [1.165, 1.54) is 4.80 Å². The summed E-state index contributed by atoms with van der Waals surface area (Å²) in [6.45, 7) is 2.93. The molecule has 128 valence electrons. The van der Waals surface area contributed by atoms with Crippen LogP contribution in [0.1, 0.15) is 25.5 Å². The van der Waals surface area contributed by atoms with Crippen LogP contribution in [-0.4, -0.2) is 46.4 Å². The molecule has 2 aromatic rings. The molecule has 0 amide bonds. The summed E-state index contributed by atoms with van der Waals surface area (Å²) < 4.78 is 16.2. The van der Waals surface area contributed by atoms with Crippen molar-refractivity contribution in [2.24, 2.45) is 0 Å². The number of esters is 1. The van der Waals surface area contributed by atoms with Crippen LogP contribution in [0.4, 0.5) is 0 Å². The maximum atomic E-state index is 12.0. The van der Waals surface area contributed by atoms with Gasteiger partial charge >= 0.3 is 5.97 Å². The zero-order valence-corrected chi connectivity index (χ0v) is 13.6. The highest BCUT2D eigenvalue weighted by Crippen LogP contribution is 2.13. The van der Waals surface area contributed by atoms with Gasteiger partial charge in [0.25, 0.3) is 0 Å². The Morgan fingerprint density at radius 1 is 1.42 bits per heavy atom. The Labute approximate surface area is 140 Å². The van der Waals surface area contributed by atoms with Crippen molar-refractivity contribution < 1.29 is 19.0 Å². The minimum absolute atomic E-state index is 0.0687. The third-order valence-electron chi connectivity index (χ3n) is 3.78. The Hall–Kier alpha value is -2.25. The van der Waals surface area contributed by atoms with E-state index in [1.54, 1.807) is 13.1 Å². The van der Waals surface area contributed by atoms with Crippen molar-refractivity contribution in [3.8, 4) is 5.69 Å². The first kappa shape index (κ1) is 16.6. The largest absolute Gasteiger partial charge is 0.457 e. The van der Waals surface area contributed by atoms with Crippen LogP contribution >= 0.6 is 0 Å². The van der Waals surface area contributed by atoms with Gasteiger partial charge in [-0.1, -0.05) is 18.2 Å². The normalized spacial score (nSPS) is 18.5. The fraction of sp³-hybridized carbons (Fsp3) is 0.471. The molecule has 0 saturated carbocycles. The van der Waals surface area contributed by atoms with Crippen LogP contribution in [-0.2, 0) is 25.6 Å². The van der Waals surface area contributed by atoms with E-state index in [9.17, 15) is 4.79 Å². The number of hydrogen-bond donors (Lipinski definition) is 0. The minimum atomic E-state index is -0.627. The van der Waals surface area contributed by atoms with Crippen molar-refractivity contribution >= 4 is 5.97 Å². The van der Waals surface area contributed by atoms with E-state index in [4.69, 9.17) is 14.2 Å². The molecule has 7 nitrogen and oxygen atoms in total. The smallest absolute Gasteiger partial charge is 0.335 e. The first-order valence-electron chi connectivity index (χ1n) is 8.09. The van der Waals surface area contributed by atoms with E-state index in [1.807, 2.05) is 30.3 Å². The lowest BCUT2D eigenvalue weighted by atomic mass is 10.2. The molecule has 1 saturated heterocycles. The van der Waals surface area contributed by atoms with Crippen LogP contribution < -0.4 is 0 Å². The van der Waals surface area contributed by atoms with Gasteiger partial charge in [0.1, 0.15) is 12.3 Å². The van der Waals surface area contributed by atoms with Gasteiger partial charge in [0, 0.05) is 6.61 Å². The molecule has 7 heteroatoms. The molecule has 0 radical (unpaired) electrons. The van der Waals surface area contributed by atoms with E-state index < -0.39 is 12.1 Å². The quantitative estimate of drug-likeness (QED) is 0.721. The van der Waals surface area contributed by atoms with Crippen molar-refractivity contribution in [2.75, 3.05) is 13.2 Å². The maximum Gasteiger partial charge on any atom is 0.335 e. The molecule has 2 atom stereocenters. The molecular formula is C17H21N3O4. The summed E-state index contributed by atoms with van der Waals surface area (Å²) in [7, 11) is 0. The number of rotatable bonds is 7. The summed E-state index contributed by atoms with van der Waals surface area (Å²) in [6.07, 6.45) is 3.07. The van der Waals surface area contributed by atoms with Crippen molar-refractivity contribution in [1.29, 1.82) is 0 Å². The summed E-state index contributed by atoms with van der Waals surface area (Å²) in [5.41, 5.74) is 1.43. The lowest BCUT2D eigenvalue weighted by Gasteiger charge is -2.15. The Balaban J connectivity index is 1.45. The molecule has 1 aliphatic rings. The molecule has 1 aromatic heterocycles. The number of carbonyl (C=O) groups excluding carboxylic acids is 1. The average molecular weight is 331 g/mol. The SMILES string of the molecule is CC(OCC1CCCO1)C(=O)OCc1cnn(-c2ccccc2)n1. The number of benzene rings is 1. The van der Waals surface area contributed by atoms with Gasteiger partial charge in [-0.2, -0.15) is 9.90 Å². The van der Waals surface area contributed by atoms with Gasteiger partial charge in [-0.3, -0.25) is 0 Å². The Kier molecular flexibility index (Phi) is 5.55. The number of ether oxygens (including phenoxy) is 3. The number of hydrogen-bond acceptors (Lipinski definition) is 6. The molecule has 2 heterocycles. The van der Waals surface area contributed by atoms with Crippen LogP contribution in [0.2, 0.25) is 0 Å². The Bertz CT molecular complexity index is 653. The van der Waals surface area contributed by atoms with Crippen LogP contribution in [0.25, 0.3) is 5.69 Å². The fourth-order valence-corrected chi connectivity index (χ4v) is 2.40. The molecule has 2 unspecified atom stereocenters. The molecular weight excluding hydrogens is 310 g/mol. The minimum Gasteiger partial charge on any atom is -0.457 e.